The van der Waals surface area contributed by atoms with Crippen LogP contribution in [0.25, 0.3) is 11.6 Å². The van der Waals surface area contributed by atoms with Gasteiger partial charge in [0.2, 0.25) is 0 Å². The SMILES string of the molecule is NC1=CC(=Cc2ccccc2)c2ccccc2C1. The van der Waals surface area contributed by atoms with Crippen molar-refractivity contribution in [3.63, 3.8) is 0 Å². The summed E-state index contributed by atoms with van der Waals surface area (Å²) in [6, 6.07) is 18.8. The van der Waals surface area contributed by atoms with Crippen molar-refractivity contribution in [3.05, 3.63) is 83.1 Å². The summed E-state index contributed by atoms with van der Waals surface area (Å²) >= 11 is 0. The standard InChI is InChI=1S/C17H15N/c18-16-11-14-8-4-5-9-17(14)15(12-16)10-13-6-2-1-3-7-13/h1-10,12H,11,18H2. The van der Waals surface area contributed by atoms with Gasteiger partial charge in [0.25, 0.3) is 0 Å². The highest BCUT2D eigenvalue weighted by Crippen LogP contribution is 2.29. The van der Waals surface area contributed by atoms with Gasteiger partial charge in [0.15, 0.2) is 0 Å². The van der Waals surface area contributed by atoms with E-state index in [9.17, 15) is 0 Å². The van der Waals surface area contributed by atoms with Crippen molar-refractivity contribution in [2.75, 3.05) is 0 Å². The number of hydrogen-bond acceptors (Lipinski definition) is 1. The largest absolute Gasteiger partial charge is 0.402 e. The first-order valence-corrected chi connectivity index (χ1v) is 6.14. The average molecular weight is 233 g/mol. The highest BCUT2D eigenvalue weighted by molar-refractivity contribution is 5.90. The van der Waals surface area contributed by atoms with Crippen LogP contribution in [-0.2, 0) is 6.42 Å². The molecule has 2 aromatic carbocycles. The molecule has 0 radical (unpaired) electrons. The van der Waals surface area contributed by atoms with Crippen LogP contribution in [0.15, 0.2) is 66.4 Å². The molecule has 0 aromatic heterocycles. The number of benzene rings is 2. The van der Waals surface area contributed by atoms with Crippen molar-refractivity contribution in [1.29, 1.82) is 0 Å². The van der Waals surface area contributed by atoms with Crippen LogP contribution in [0.4, 0.5) is 0 Å². The molecular weight excluding hydrogens is 218 g/mol. The molecule has 3 rings (SSSR count). The van der Waals surface area contributed by atoms with Crippen LogP contribution in [0.5, 0.6) is 0 Å². The fourth-order valence-electron chi connectivity index (χ4n) is 2.35. The summed E-state index contributed by atoms with van der Waals surface area (Å²) in [7, 11) is 0. The molecule has 0 bridgehead atoms. The lowest BCUT2D eigenvalue weighted by Gasteiger charge is -2.17. The van der Waals surface area contributed by atoms with Crippen molar-refractivity contribution < 1.29 is 0 Å². The fraction of sp³-hybridized carbons (Fsp3) is 0.0588. The molecule has 0 heterocycles. The molecule has 88 valence electrons. The van der Waals surface area contributed by atoms with E-state index in [0.29, 0.717) is 0 Å². The lowest BCUT2D eigenvalue weighted by atomic mass is 9.90. The molecule has 2 N–H and O–H groups in total. The lowest BCUT2D eigenvalue weighted by Crippen LogP contribution is -2.08. The Morgan fingerprint density at radius 3 is 2.44 bits per heavy atom. The third kappa shape index (κ3) is 2.07. The first-order valence-electron chi connectivity index (χ1n) is 6.14. The number of nitrogens with two attached hydrogens (primary N) is 1. The summed E-state index contributed by atoms with van der Waals surface area (Å²) in [5, 5.41) is 0. The predicted octanol–water partition coefficient (Wildman–Crippen LogP) is 3.63. The maximum atomic E-state index is 6.01. The van der Waals surface area contributed by atoms with Crippen LogP contribution < -0.4 is 5.73 Å². The van der Waals surface area contributed by atoms with Crippen molar-refractivity contribution >= 4 is 11.6 Å². The van der Waals surface area contributed by atoms with Gasteiger partial charge < -0.3 is 5.73 Å². The van der Waals surface area contributed by atoms with Gasteiger partial charge in [-0.25, -0.2) is 0 Å². The van der Waals surface area contributed by atoms with Crippen LogP contribution in [-0.4, -0.2) is 0 Å². The van der Waals surface area contributed by atoms with Gasteiger partial charge in [0, 0.05) is 12.1 Å². The smallest absolute Gasteiger partial charge is 0.0131 e. The highest BCUT2D eigenvalue weighted by Gasteiger charge is 2.12. The second-order valence-electron chi connectivity index (χ2n) is 4.56. The van der Waals surface area contributed by atoms with Crippen LogP contribution in [0, 0.1) is 0 Å². The highest BCUT2D eigenvalue weighted by atomic mass is 14.6. The topological polar surface area (TPSA) is 26.0 Å². The van der Waals surface area contributed by atoms with E-state index in [4.69, 9.17) is 5.73 Å². The second-order valence-corrected chi connectivity index (χ2v) is 4.56. The minimum Gasteiger partial charge on any atom is -0.402 e. The van der Waals surface area contributed by atoms with Gasteiger partial charge in [-0.2, -0.15) is 0 Å². The molecule has 0 fully saturated rings. The van der Waals surface area contributed by atoms with E-state index >= 15 is 0 Å². The quantitative estimate of drug-likeness (QED) is 0.799. The van der Waals surface area contributed by atoms with Crippen LogP contribution >= 0.6 is 0 Å². The minimum atomic E-state index is 0.850. The van der Waals surface area contributed by atoms with E-state index in [0.717, 1.165) is 12.1 Å². The number of rotatable bonds is 1. The third-order valence-corrected chi connectivity index (χ3v) is 3.19. The Labute approximate surface area is 107 Å². The molecule has 0 aliphatic heterocycles. The van der Waals surface area contributed by atoms with Gasteiger partial charge in [-0.3, -0.25) is 0 Å². The van der Waals surface area contributed by atoms with Crippen LogP contribution in [0.1, 0.15) is 16.7 Å². The first kappa shape index (κ1) is 10.8. The monoisotopic (exact) mass is 233 g/mol. The van der Waals surface area contributed by atoms with Crippen molar-refractivity contribution in [2.24, 2.45) is 5.73 Å². The van der Waals surface area contributed by atoms with Gasteiger partial charge >= 0.3 is 0 Å². The maximum Gasteiger partial charge on any atom is 0.0131 e. The van der Waals surface area contributed by atoms with E-state index in [1.165, 1.54) is 22.3 Å². The summed E-state index contributed by atoms with van der Waals surface area (Å²) < 4.78 is 0. The average Bonchev–Trinajstić information content (AvgIpc) is 2.40. The Hall–Kier alpha value is -2.28. The van der Waals surface area contributed by atoms with Gasteiger partial charge in [-0.15, -0.1) is 0 Å². The molecule has 1 heteroatoms. The van der Waals surface area contributed by atoms with Crippen LogP contribution in [0.3, 0.4) is 0 Å². The molecule has 0 amide bonds. The van der Waals surface area contributed by atoms with Crippen LogP contribution in [0.2, 0.25) is 0 Å². The molecule has 0 saturated carbocycles. The molecule has 0 spiro atoms. The maximum absolute atomic E-state index is 6.01. The molecule has 0 atom stereocenters. The zero-order valence-corrected chi connectivity index (χ0v) is 10.1. The predicted molar refractivity (Wildman–Crippen MR) is 76.7 cm³/mol. The normalized spacial score (nSPS) is 16.2. The Morgan fingerprint density at radius 1 is 0.889 bits per heavy atom. The van der Waals surface area contributed by atoms with Gasteiger partial charge in [0.05, 0.1) is 0 Å². The van der Waals surface area contributed by atoms with Crippen molar-refractivity contribution in [1.82, 2.24) is 0 Å². The van der Waals surface area contributed by atoms with E-state index in [-0.39, 0.29) is 0 Å². The zero-order chi connectivity index (χ0) is 12.4. The fourth-order valence-corrected chi connectivity index (χ4v) is 2.35. The molecule has 2 aromatic rings. The van der Waals surface area contributed by atoms with Crippen molar-refractivity contribution in [2.45, 2.75) is 6.42 Å². The van der Waals surface area contributed by atoms with Gasteiger partial charge in [-0.05, 0) is 34.4 Å². The Kier molecular flexibility index (Phi) is 2.73. The Morgan fingerprint density at radius 2 is 1.61 bits per heavy atom. The molecular formula is C17H15N. The molecule has 0 saturated heterocycles. The minimum absolute atomic E-state index is 0.850. The van der Waals surface area contributed by atoms with E-state index in [1.54, 1.807) is 0 Å². The lowest BCUT2D eigenvalue weighted by molar-refractivity contribution is 1.09. The molecule has 1 aliphatic rings. The molecule has 18 heavy (non-hydrogen) atoms. The molecule has 1 aliphatic carbocycles. The number of fused-ring (bicyclic) bond motifs is 1. The third-order valence-electron chi connectivity index (χ3n) is 3.19. The molecule has 1 nitrogen and oxygen atoms in total. The van der Waals surface area contributed by atoms with E-state index in [2.05, 4.69) is 48.6 Å². The van der Waals surface area contributed by atoms with Crippen molar-refractivity contribution in [3.8, 4) is 0 Å². The Bertz CT molecular complexity index is 621. The second kappa shape index (κ2) is 4.53. The summed E-state index contributed by atoms with van der Waals surface area (Å²) in [5.74, 6) is 0. The van der Waals surface area contributed by atoms with E-state index in [1.807, 2.05) is 18.2 Å². The number of allylic oxidation sites excluding steroid dienone is 3. The summed E-state index contributed by atoms with van der Waals surface area (Å²) in [6.45, 7) is 0. The first-order chi connectivity index (χ1) is 8.83. The summed E-state index contributed by atoms with van der Waals surface area (Å²) in [6.07, 6.45) is 5.11. The molecule has 0 unspecified atom stereocenters. The zero-order valence-electron chi connectivity index (χ0n) is 10.1. The van der Waals surface area contributed by atoms with E-state index < -0.39 is 0 Å². The summed E-state index contributed by atoms with van der Waals surface area (Å²) in [5.41, 5.74) is 11.9. The van der Waals surface area contributed by atoms with Gasteiger partial charge in [-0.1, -0.05) is 54.6 Å². The summed E-state index contributed by atoms with van der Waals surface area (Å²) in [4.78, 5) is 0. The number of hydrogen-bond donors (Lipinski definition) is 1. The van der Waals surface area contributed by atoms with Gasteiger partial charge in [0.1, 0.15) is 0 Å². The Balaban J connectivity index is 2.11.